The zero-order valence-corrected chi connectivity index (χ0v) is 33.1. The Morgan fingerprint density at radius 3 is 1.32 bits per heavy atom. The van der Waals surface area contributed by atoms with E-state index < -0.39 is 12.1 Å². The monoisotopic (exact) mass is 812 g/mol. The smallest absolute Gasteiger partial charge is 0.254 e. The molecule has 16 nitrogen and oxygen atoms in total. The molecule has 0 aliphatic carbocycles. The van der Waals surface area contributed by atoms with Crippen LogP contribution in [0.15, 0.2) is 129 Å². The first-order valence-corrected chi connectivity index (χ1v) is 19.4. The minimum absolute atomic E-state index is 0.0730. The summed E-state index contributed by atoms with van der Waals surface area (Å²) >= 11 is 0. The lowest BCUT2D eigenvalue weighted by Crippen LogP contribution is -2.31. The lowest BCUT2D eigenvalue weighted by atomic mass is 10.0. The van der Waals surface area contributed by atoms with Crippen LogP contribution in [0.2, 0.25) is 0 Å². The molecule has 308 valence electrons. The number of hydrogen-bond donors (Lipinski definition) is 2. The number of carbonyl (C=O) groups is 2. The highest BCUT2D eigenvalue weighted by atomic mass is 16.6. The van der Waals surface area contributed by atoms with Crippen molar-refractivity contribution >= 4 is 23.2 Å². The molecule has 2 aliphatic heterocycles. The summed E-state index contributed by atoms with van der Waals surface area (Å²) in [6, 6.07) is 34.1. The molecule has 2 aromatic heterocycles. The van der Waals surface area contributed by atoms with Gasteiger partial charge in [-0.1, -0.05) is 106 Å². The molecule has 16 heteroatoms. The zero-order valence-electron chi connectivity index (χ0n) is 33.1. The highest BCUT2D eigenvalue weighted by molar-refractivity contribution is 6.01. The molecule has 0 radical (unpaired) electrons. The van der Waals surface area contributed by atoms with Gasteiger partial charge in [0, 0.05) is 36.8 Å². The third kappa shape index (κ3) is 9.62. The van der Waals surface area contributed by atoms with Crippen LogP contribution in [0, 0.1) is 0 Å². The fraction of sp³-hybridized carbons (Fsp3) is 0.273. The van der Waals surface area contributed by atoms with Crippen molar-refractivity contribution in [3.05, 3.63) is 144 Å². The van der Waals surface area contributed by atoms with Crippen molar-refractivity contribution in [2.75, 3.05) is 40.5 Å². The number of hydrogen-bond acceptors (Lipinski definition) is 14. The van der Waals surface area contributed by atoms with Crippen molar-refractivity contribution in [1.82, 2.24) is 30.1 Å². The number of likely N-dealkylation sites (tertiary alicyclic amines) is 2. The van der Waals surface area contributed by atoms with Crippen molar-refractivity contribution in [2.24, 2.45) is 10.3 Å². The molecule has 0 unspecified atom stereocenters. The maximum Gasteiger partial charge on any atom is 0.254 e. The zero-order chi connectivity index (χ0) is 41.8. The fourth-order valence-corrected chi connectivity index (χ4v) is 7.08. The second-order valence-corrected chi connectivity index (χ2v) is 13.9. The maximum atomic E-state index is 13.3. The van der Waals surface area contributed by atoms with E-state index in [1.807, 2.05) is 109 Å². The van der Waals surface area contributed by atoms with Crippen molar-refractivity contribution in [1.29, 1.82) is 0 Å². The highest BCUT2D eigenvalue weighted by Gasteiger charge is 2.39. The number of aliphatic hydroxyl groups is 2. The first-order valence-electron chi connectivity index (χ1n) is 19.4. The van der Waals surface area contributed by atoms with E-state index in [0.29, 0.717) is 73.3 Å². The van der Waals surface area contributed by atoms with Gasteiger partial charge in [-0.25, -0.2) is 0 Å². The van der Waals surface area contributed by atoms with E-state index in [4.69, 9.17) is 28.9 Å². The second-order valence-electron chi connectivity index (χ2n) is 13.9. The molecule has 4 aromatic carbocycles. The van der Waals surface area contributed by atoms with Crippen LogP contribution in [0.5, 0.6) is 0 Å². The van der Waals surface area contributed by atoms with Crippen LogP contribution in [-0.4, -0.2) is 104 Å². The molecule has 2 saturated heterocycles. The van der Waals surface area contributed by atoms with Gasteiger partial charge in [0.2, 0.25) is 11.8 Å². The van der Waals surface area contributed by atoms with E-state index in [0.717, 1.165) is 33.7 Å². The number of aliphatic hydroxyl groups excluding tert-OH is 2. The molecule has 0 bridgehead atoms. The summed E-state index contributed by atoms with van der Waals surface area (Å²) in [4.78, 5) is 48.3. The largest absolute Gasteiger partial charge is 0.399 e. The lowest BCUT2D eigenvalue weighted by Gasteiger charge is -2.21. The molecule has 2 N–H and O–H groups in total. The lowest BCUT2D eigenvalue weighted by molar-refractivity contribution is 0.0706. The normalized spacial score (nSPS) is 17.5. The summed E-state index contributed by atoms with van der Waals surface area (Å²) in [6.45, 7) is 0.484. The fourth-order valence-electron chi connectivity index (χ4n) is 7.08. The number of oxime groups is 2. The highest BCUT2D eigenvalue weighted by Crippen LogP contribution is 2.33. The van der Waals surface area contributed by atoms with Gasteiger partial charge in [-0.05, 0) is 46.5 Å². The topological polar surface area (TPSA) is 202 Å². The van der Waals surface area contributed by atoms with Crippen molar-refractivity contribution < 1.29 is 38.5 Å². The van der Waals surface area contributed by atoms with Gasteiger partial charge in [0.05, 0.1) is 37.7 Å². The van der Waals surface area contributed by atoms with Crippen molar-refractivity contribution in [3.8, 4) is 22.3 Å². The molecule has 2 amide bonds. The van der Waals surface area contributed by atoms with E-state index in [1.165, 1.54) is 14.2 Å². The number of nitrogens with zero attached hydrogens (tertiary/aromatic N) is 8. The summed E-state index contributed by atoms with van der Waals surface area (Å²) in [5, 5.41) is 33.9. The third-order valence-corrected chi connectivity index (χ3v) is 9.97. The predicted octanol–water partition coefficient (Wildman–Crippen LogP) is 5.72. The Hall–Kier alpha value is -7.04. The first kappa shape index (κ1) is 41.1. The summed E-state index contributed by atoms with van der Waals surface area (Å²) in [7, 11) is 2.95. The Bertz CT molecular complexity index is 2230. The minimum atomic E-state index is -0.430. The standard InChI is InChI=1S/2C22H22N4O4/c2*1-29-24-18-13-19(21-23-20(11-12-27)25-30-21)26(14-18)22(28)17-9-7-16(8-10-17)15-5-3-2-4-6-15/h2*2-10,19,27H,11-14H2,1H3/b24-18+;24-18-/t2*19-/m00/s1. The summed E-state index contributed by atoms with van der Waals surface area (Å²) < 4.78 is 10.7. The Balaban J connectivity index is 0.000000181. The molecule has 8 rings (SSSR count). The predicted molar refractivity (Wildman–Crippen MR) is 220 cm³/mol. The Kier molecular flexibility index (Phi) is 13.4. The summed E-state index contributed by atoms with van der Waals surface area (Å²) in [5.41, 5.74) is 6.83. The SMILES string of the molecule is CO/N=C1/C[C@@H](c2nc(CCO)no2)N(C(=O)c2ccc(-c3ccccc3)cc2)C1.CO/N=C1\C[C@@H](c2nc(CCO)no2)N(C(=O)c2ccc(-c3ccccc3)cc2)C1. The molecule has 2 atom stereocenters. The minimum Gasteiger partial charge on any atom is -0.399 e. The quantitative estimate of drug-likeness (QED) is 0.143. The molecule has 0 spiro atoms. The van der Waals surface area contributed by atoms with Gasteiger partial charge in [-0.3, -0.25) is 9.59 Å². The first-order chi connectivity index (χ1) is 29.4. The van der Waals surface area contributed by atoms with E-state index in [9.17, 15) is 9.59 Å². The van der Waals surface area contributed by atoms with Gasteiger partial charge in [-0.15, -0.1) is 0 Å². The molecule has 6 aromatic rings. The molecule has 2 aliphatic rings. The van der Waals surface area contributed by atoms with Crippen LogP contribution in [0.3, 0.4) is 0 Å². The van der Waals surface area contributed by atoms with Crippen LogP contribution < -0.4 is 0 Å². The van der Waals surface area contributed by atoms with Crippen LogP contribution in [0.4, 0.5) is 0 Å². The second kappa shape index (κ2) is 19.6. The summed E-state index contributed by atoms with van der Waals surface area (Å²) in [6.07, 6.45) is 1.49. The van der Waals surface area contributed by atoms with Gasteiger partial charge in [-0.2, -0.15) is 9.97 Å². The van der Waals surface area contributed by atoms with Crippen molar-refractivity contribution in [2.45, 2.75) is 37.8 Å². The molecule has 0 saturated carbocycles. The van der Waals surface area contributed by atoms with Gasteiger partial charge in [0.1, 0.15) is 26.3 Å². The van der Waals surface area contributed by atoms with E-state index in [1.54, 1.807) is 9.80 Å². The molecular weight excluding hydrogens is 769 g/mol. The Labute approximate surface area is 345 Å². The third-order valence-electron chi connectivity index (χ3n) is 9.97. The van der Waals surface area contributed by atoms with Crippen LogP contribution >= 0.6 is 0 Å². The van der Waals surface area contributed by atoms with Gasteiger partial charge >= 0.3 is 0 Å². The molecule has 4 heterocycles. The number of benzene rings is 4. The van der Waals surface area contributed by atoms with Gasteiger partial charge < -0.3 is 38.7 Å². The number of rotatable bonds is 12. The van der Waals surface area contributed by atoms with Crippen LogP contribution in [-0.2, 0) is 22.5 Å². The Morgan fingerprint density at radius 2 is 0.967 bits per heavy atom. The maximum absolute atomic E-state index is 13.3. The van der Waals surface area contributed by atoms with E-state index in [2.05, 4.69) is 30.6 Å². The van der Waals surface area contributed by atoms with Crippen molar-refractivity contribution in [3.63, 3.8) is 0 Å². The molecule has 2 fully saturated rings. The average Bonchev–Trinajstić information content (AvgIpc) is 4.12. The van der Waals surface area contributed by atoms with Crippen LogP contribution in [0.1, 0.15) is 69.1 Å². The number of carbonyl (C=O) groups excluding carboxylic acids is 2. The number of amides is 2. The van der Waals surface area contributed by atoms with Crippen LogP contribution in [0.25, 0.3) is 22.3 Å². The molecular formula is C44H44N8O8. The number of aromatic nitrogens is 4. The average molecular weight is 813 g/mol. The van der Waals surface area contributed by atoms with E-state index >= 15 is 0 Å². The van der Waals surface area contributed by atoms with E-state index in [-0.39, 0.29) is 25.0 Å². The summed E-state index contributed by atoms with van der Waals surface area (Å²) in [5.74, 6) is 1.17. The van der Waals surface area contributed by atoms with Gasteiger partial charge in [0.25, 0.3) is 11.8 Å². The van der Waals surface area contributed by atoms with Gasteiger partial charge in [0.15, 0.2) is 11.6 Å². The Morgan fingerprint density at radius 1 is 0.600 bits per heavy atom. The molecule has 60 heavy (non-hydrogen) atoms.